The van der Waals surface area contributed by atoms with E-state index in [0.717, 1.165) is 38.1 Å². The summed E-state index contributed by atoms with van der Waals surface area (Å²) in [6.45, 7) is 10.1. The van der Waals surface area contributed by atoms with Crippen LogP contribution in [0, 0.1) is 11.8 Å². The Hall–Kier alpha value is -0.810. The van der Waals surface area contributed by atoms with Gasteiger partial charge in [-0.25, -0.2) is 0 Å². The molecule has 2 fully saturated rings. The van der Waals surface area contributed by atoms with Crippen LogP contribution in [0.1, 0.15) is 26.2 Å². The van der Waals surface area contributed by atoms with Crippen LogP contribution in [0.4, 0.5) is 0 Å². The van der Waals surface area contributed by atoms with E-state index >= 15 is 0 Å². The molecule has 0 aromatic carbocycles. The lowest BCUT2D eigenvalue weighted by molar-refractivity contribution is 0.157. The van der Waals surface area contributed by atoms with Crippen LogP contribution in [0.15, 0.2) is 4.99 Å². The van der Waals surface area contributed by atoms with E-state index in [2.05, 4.69) is 27.0 Å². The largest absolute Gasteiger partial charge is 0.384 e. The van der Waals surface area contributed by atoms with Gasteiger partial charge in [-0.2, -0.15) is 0 Å². The fraction of sp³-hybridized carbons (Fsp3) is 0.938. The highest BCUT2D eigenvalue weighted by atomic mass is 16.5. The van der Waals surface area contributed by atoms with E-state index in [4.69, 9.17) is 4.74 Å². The summed E-state index contributed by atoms with van der Waals surface area (Å²) in [5.74, 6) is 2.49. The Bertz CT molecular complexity index is 334. The number of rotatable bonds is 6. The highest BCUT2D eigenvalue weighted by Crippen LogP contribution is 2.18. The minimum atomic E-state index is 0.653. The second-order valence-corrected chi connectivity index (χ2v) is 6.44. The van der Waals surface area contributed by atoms with Crippen molar-refractivity contribution in [2.45, 2.75) is 26.2 Å². The molecule has 122 valence electrons. The smallest absolute Gasteiger partial charge is 0.193 e. The molecule has 0 saturated carbocycles. The Morgan fingerprint density at radius 3 is 2.76 bits per heavy atom. The first-order valence-corrected chi connectivity index (χ1v) is 8.43. The van der Waals surface area contributed by atoms with Crippen molar-refractivity contribution in [3.8, 4) is 0 Å². The molecule has 2 rings (SSSR count). The number of methoxy groups -OCH3 is 1. The van der Waals surface area contributed by atoms with Gasteiger partial charge in [-0.3, -0.25) is 4.99 Å². The lowest BCUT2D eigenvalue weighted by Crippen LogP contribution is -2.42. The third-order valence-corrected chi connectivity index (χ3v) is 4.66. The Labute approximate surface area is 129 Å². The molecule has 0 aromatic rings. The zero-order valence-electron chi connectivity index (χ0n) is 14.0. The normalized spacial score (nSPS) is 27.6. The highest BCUT2D eigenvalue weighted by molar-refractivity contribution is 5.80. The topological polar surface area (TPSA) is 40.1 Å². The van der Waals surface area contributed by atoms with E-state index in [1.807, 2.05) is 7.05 Å². The standard InChI is InChI=1S/C16H32N4O/c1-4-7-19-8-5-14(11-19)10-18-16(17-2)20-9-6-15(12-20)13-21-3/h14-15H,4-13H2,1-3H3,(H,17,18). The van der Waals surface area contributed by atoms with Gasteiger partial charge in [0.25, 0.3) is 0 Å². The zero-order valence-corrected chi connectivity index (χ0v) is 14.0. The van der Waals surface area contributed by atoms with Crippen LogP contribution in [0.5, 0.6) is 0 Å². The van der Waals surface area contributed by atoms with Gasteiger partial charge in [-0.1, -0.05) is 6.92 Å². The lowest BCUT2D eigenvalue weighted by Gasteiger charge is -2.23. The minimum absolute atomic E-state index is 0.653. The number of likely N-dealkylation sites (tertiary alicyclic amines) is 2. The fourth-order valence-corrected chi connectivity index (χ4v) is 3.56. The van der Waals surface area contributed by atoms with E-state index in [0.29, 0.717) is 5.92 Å². The molecule has 21 heavy (non-hydrogen) atoms. The van der Waals surface area contributed by atoms with Gasteiger partial charge in [-0.15, -0.1) is 0 Å². The van der Waals surface area contributed by atoms with Crippen LogP contribution in [0.2, 0.25) is 0 Å². The third kappa shape index (κ3) is 4.85. The molecule has 2 aliphatic heterocycles. The number of guanidine groups is 1. The van der Waals surface area contributed by atoms with Gasteiger partial charge in [0.1, 0.15) is 0 Å². The Kier molecular flexibility index (Phi) is 6.77. The zero-order chi connectivity index (χ0) is 15.1. The molecule has 0 aromatic heterocycles. The van der Waals surface area contributed by atoms with Crippen molar-refractivity contribution < 1.29 is 4.74 Å². The summed E-state index contributed by atoms with van der Waals surface area (Å²) in [4.78, 5) is 9.42. The van der Waals surface area contributed by atoms with Crippen molar-refractivity contribution in [3.63, 3.8) is 0 Å². The minimum Gasteiger partial charge on any atom is -0.384 e. The first kappa shape index (κ1) is 16.6. The molecule has 0 radical (unpaired) electrons. The van der Waals surface area contributed by atoms with E-state index in [1.54, 1.807) is 7.11 Å². The van der Waals surface area contributed by atoms with E-state index in [9.17, 15) is 0 Å². The Balaban J connectivity index is 1.71. The molecule has 0 amide bonds. The first-order valence-electron chi connectivity index (χ1n) is 8.43. The Morgan fingerprint density at radius 1 is 1.24 bits per heavy atom. The molecule has 5 heteroatoms. The predicted molar refractivity (Wildman–Crippen MR) is 87.8 cm³/mol. The van der Waals surface area contributed by atoms with Gasteiger partial charge < -0.3 is 19.9 Å². The SMILES string of the molecule is CCCN1CCC(CNC(=NC)N2CCC(COC)C2)C1. The van der Waals surface area contributed by atoms with Crippen LogP contribution in [-0.4, -0.2) is 75.8 Å². The summed E-state index contributed by atoms with van der Waals surface area (Å²) < 4.78 is 5.27. The van der Waals surface area contributed by atoms with E-state index in [-0.39, 0.29) is 0 Å². The molecule has 2 atom stereocenters. The molecule has 1 N–H and O–H groups in total. The molecule has 2 aliphatic rings. The summed E-state index contributed by atoms with van der Waals surface area (Å²) in [6.07, 6.45) is 3.79. The van der Waals surface area contributed by atoms with E-state index in [1.165, 1.54) is 38.9 Å². The second kappa shape index (κ2) is 8.59. The van der Waals surface area contributed by atoms with Crippen LogP contribution < -0.4 is 5.32 Å². The summed E-state index contributed by atoms with van der Waals surface area (Å²) >= 11 is 0. The fourth-order valence-electron chi connectivity index (χ4n) is 3.56. The molecule has 2 saturated heterocycles. The van der Waals surface area contributed by atoms with Gasteiger partial charge in [0, 0.05) is 46.3 Å². The average Bonchev–Trinajstić information content (AvgIpc) is 3.11. The van der Waals surface area contributed by atoms with Gasteiger partial charge in [-0.05, 0) is 38.3 Å². The number of hydrogen-bond acceptors (Lipinski definition) is 3. The quantitative estimate of drug-likeness (QED) is 0.592. The number of nitrogens with one attached hydrogen (secondary N) is 1. The van der Waals surface area contributed by atoms with Crippen LogP contribution >= 0.6 is 0 Å². The maximum Gasteiger partial charge on any atom is 0.193 e. The van der Waals surface area contributed by atoms with Crippen LogP contribution in [0.3, 0.4) is 0 Å². The van der Waals surface area contributed by atoms with Gasteiger partial charge in [0.05, 0.1) is 6.61 Å². The maximum absolute atomic E-state index is 5.27. The molecule has 0 aliphatic carbocycles. The maximum atomic E-state index is 5.27. The number of nitrogens with zero attached hydrogens (tertiary/aromatic N) is 3. The number of aliphatic imine (C=N–C) groups is 1. The molecule has 5 nitrogen and oxygen atoms in total. The summed E-state index contributed by atoms with van der Waals surface area (Å²) in [6, 6.07) is 0. The summed E-state index contributed by atoms with van der Waals surface area (Å²) in [5, 5.41) is 3.59. The molecular weight excluding hydrogens is 264 g/mol. The number of hydrogen-bond donors (Lipinski definition) is 1. The third-order valence-electron chi connectivity index (χ3n) is 4.66. The van der Waals surface area contributed by atoms with Crippen molar-refractivity contribution in [2.75, 3.05) is 60.0 Å². The van der Waals surface area contributed by atoms with Gasteiger partial charge >= 0.3 is 0 Å². The van der Waals surface area contributed by atoms with Crippen LogP contribution in [-0.2, 0) is 4.74 Å². The van der Waals surface area contributed by atoms with Crippen molar-refractivity contribution in [2.24, 2.45) is 16.8 Å². The first-order chi connectivity index (χ1) is 10.3. The van der Waals surface area contributed by atoms with Crippen molar-refractivity contribution in [3.05, 3.63) is 0 Å². The highest BCUT2D eigenvalue weighted by Gasteiger charge is 2.26. The van der Waals surface area contributed by atoms with Crippen molar-refractivity contribution in [1.82, 2.24) is 15.1 Å². The predicted octanol–water partition coefficient (Wildman–Crippen LogP) is 1.26. The van der Waals surface area contributed by atoms with Gasteiger partial charge in [0.15, 0.2) is 5.96 Å². The summed E-state index contributed by atoms with van der Waals surface area (Å²) in [5.41, 5.74) is 0. The summed E-state index contributed by atoms with van der Waals surface area (Å²) in [7, 11) is 3.68. The van der Waals surface area contributed by atoms with Crippen molar-refractivity contribution in [1.29, 1.82) is 0 Å². The Morgan fingerprint density at radius 2 is 2.05 bits per heavy atom. The second-order valence-electron chi connectivity index (χ2n) is 6.44. The number of ether oxygens (including phenoxy) is 1. The monoisotopic (exact) mass is 296 g/mol. The average molecular weight is 296 g/mol. The molecular formula is C16H32N4O. The molecule has 0 bridgehead atoms. The van der Waals surface area contributed by atoms with E-state index < -0.39 is 0 Å². The van der Waals surface area contributed by atoms with Crippen molar-refractivity contribution >= 4 is 5.96 Å². The molecule has 2 unspecified atom stereocenters. The molecule has 0 spiro atoms. The lowest BCUT2D eigenvalue weighted by atomic mass is 10.1. The van der Waals surface area contributed by atoms with Crippen LogP contribution in [0.25, 0.3) is 0 Å². The van der Waals surface area contributed by atoms with Gasteiger partial charge in [0.2, 0.25) is 0 Å². The molecule has 2 heterocycles.